The first-order valence-electron chi connectivity index (χ1n) is 6.75. The van der Waals surface area contributed by atoms with Crippen LogP contribution in [0.4, 0.5) is 10.1 Å². The Kier molecular flexibility index (Phi) is 3.01. The second kappa shape index (κ2) is 4.66. The molecule has 2 aromatic rings. The van der Waals surface area contributed by atoms with E-state index >= 15 is 0 Å². The Morgan fingerprint density at radius 3 is 2.73 bits per heavy atom. The highest BCUT2D eigenvalue weighted by Crippen LogP contribution is 2.38. The molecule has 7 heteroatoms. The Morgan fingerprint density at radius 1 is 1.36 bits per heavy atom. The minimum absolute atomic E-state index is 0.0512. The van der Waals surface area contributed by atoms with Crippen molar-refractivity contribution in [2.75, 3.05) is 5.32 Å². The minimum Gasteiger partial charge on any atom is -0.505 e. The SMILES string of the molecule is CC(C)(C)n1cc(/C=C2/C(=O)Nc3ccc(O)c(F)c32)nn1. The lowest BCUT2D eigenvalue weighted by atomic mass is 10.0. The summed E-state index contributed by atoms with van der Waals surface area (Å²) in [6, 6.07) is 2.66. The van der Waals surface area contributed by atoms with Crippen molar-refractivity contribution in [1.29, 1.82) is 0 Å². The van der Waals surface area contributed by atoms with Crippen LogP contribution >= 0.6 is 0 Å². The van der Waals surface area contributed by atoms with Gasteiger partial charge in [-0.2, -0.15) is 0 Å². The third-order valence-corrected chi connectivity index (χ3v) is 3.37. The maximum atomic E-state index is 14.1. The van der Waals surface area contributed by atoms with E-state index < -0.39 is 17.5 Å². The molecule has 6 nitrogen and oxygen atoms in total. The lowest BCUT2D eigenvalue weighted by molar-refractivity contribution is -0.110. The maximum Gasteiger partial charge on any atom is 0.256 e. The molecule has 0 saturated carbocycles. The van der Waals surface area contributed by atoms with Gasteiger partial charge in [-0.3, -0.25) is 4.79 Å². The normalized spacial score (nSPS) is 16.0. The van der Waals surface area contributed by atoms with Gasteiger partial charge in [-0.1, -0.05) is 5.21 Å². The van der Waals surface area contributed by atoms with E-state index in [0.717, 1.165) is 0 Å². The van der Waals surface area contributed by atoms with Crippen LogP contribution in [0.15, 0.2) is 18.3 Å². The second-order valence-corrected chi connectivity index (χ2v) is 6.09. The topological polar surface area (TPSA) is 80.0 Å². The fourth-order valence-corrected chi connectivity index (χ4v) is 2.19. The highest BCUT2D eigenvalue weighted by atomic mass is 19.1. The van der Waals surface area contributed by atoms with Crippen molar-refractivity contribution < 1.29 is 14.3 Å². The fraction of sp³-hybridized carbons (Fsp3) is 0.267. The number of carbonyl (C=O) groups excluding carboxylic acids is 1. The van der Waals surface area contributed by atoms with Gasteiger partial charge in [-0.15, -0.1) is 5.10 Å². The van der Waals surface area contributed by atoms with Gasteiger partial charge < -0.3 is 10.4 Å². The molecule has 0 spiro atoms. The Hall–Kier alpha value is -2.70. The average Bonchev–Trinajstić information content (AvgIpc) is 3.01. The molecule has 0 saturated heterocycles. The van der Waals surface area contributed by atoms with E-state index in [2.05, 4.69) is 15.6 Å². The number of aromatic hydroxyl groups is 1. The third kappa shape index (κ3) is 2.24. The molecule has 22 heavy (non-hydrogen) atoms. The summed E-state index contributed by atoms with van der Waals surface area (Å²) in [6.45, 7) is 5.90. The number of anilines is 1. The zero-order chi connectivity index (χ0) is 16.1. The number of hydrogen-bond acceptors (Lipinski definition) is 4. The van der Waals surface area contributed by atoms with Crippen LogP contribution in [0.2, 0.25) is 0 Å². The van der Waals surface area contributed by atoms with E-state index in [9.17, 15) is 14.3 Å². The van der Waals surface area contributed by atoms with Crippen molar-refractivity contribution in [3.05, 3.63) is 35.4 Å². The number of carbonyl (C=O) groups is 1. The van der Waals surface area contributed by atoms with Crippen molar-refractivity contribution in [2.45, 2.75) is 26.3 Å². The van der Waals surface area contributed by atoms with Crippen LogP contribution in [0.25, 0.3) is 11.6 Å². The molecule has 3 rings (SSSR count). The molecule has 0 aliphatic carbocycles. The molecule has 2 N–H and O–H groups in total. The lowest BCUT2D eigenvalue weighted by Gasteiger charge is -2.17. The van der Waals surface area contributed by atoms with Crippen LogP contribution < -0.4 is 5.32 Å². The molecule has 1 amide bonds. The van der Waals surface area contributed by atoms with Crippen molar-refractivity contribution in [3.63, 3.8) is 0 Å². The number of halogens is 1. The summed E-state index contributed by atoms with van der Waals surface area (Å²) in [7, 11) is 0. The Bertz CT molecular complexity index is 802. The van der Waals surface area contributed by atoms with Gasteiger partial charge in [-0.05, 0) is 39.0 Å². The molecule has 1 aromatic heterocycles. The van der Waals surface area contributed by atoms with E-state index in [4.69, 9.17) is 0 Å². The molecular weight excluding hydrogens is 287 g/mol. The van der Waals surface area contributed by atoms with Crippen LogP contribution in [0.5, 0.6) is 5.75 Å². The van der Waals surface area contributed by atoms with Gasteiger partial charge in [0.2, 0.25) is 0 Å². The number of amides is 1. The summed E-state index contributed by atoms with van der Waals surface area (Å²) in [5, 5.41) is 20.0. The predicted octanol–water partition coefficient (Wildman–Crippen LogP) is 2.37. The first-order valence-corrected chi connectivity index (χ1v) is 6.75. The highest BCUT2D eigenvalue weighted by molar-refractivity contribution is 6.35. The summed E-state index contributed by atoms with van der Waals surface area (Å²) < 4.78 is 15.8. The van der Waals surface area contributed by atoms with Crippen LogP contribution in [-0.4, -0.2) is 26.0 Å². The summed E-state index contributed by atoms with van der Waals surface area (Å²) in [6.07, 6.45) is 3.14. The monoisotopic (exact) mass is 302 g/mol. The molecule has 0 bridgehead atoms. The fourth-order valence-electron chi connectivity index (χ4n) is 2.19. The van der Waals surface area contributed by atoms with Crippen LogP contribution in [0.1, 0.15) is 32.0 Å². The molecule has 114 valence electrons. The third-order valence-electron chi connectivity index (χ3n) is 3.37. The number of benzene rings is 1. The van der Waals surface area contributed by atoms with Crippen LogP contribution in [-0.2, 0) is 10.3 Å². The van der Waals surface area contributed by atoms with Gasteiger partial charge in [0.25, 0.3) is 5.91 Å². The molecule has 2 heterocycles. The van der Waals surface area contributed by atoms with E-state index in [1.54, 1.807) is 10.9 Å². The van der Waals surface area contributed by atoms with E-state index in [1.165, 1.54) is 18.2 Å². The number of hydrogen-bond donors (Lipinski definition) is 2. The Balaban J connectivity index is 2.08. The minimum atomic E-state index is -0.828. The molecule has 1 aromatic carbocycles. The zero-order valence-electron chi connectivity index (χ0n) is 12.4. The number of rotatable bonds is 1. The lowest BCUT2D eigenvalue weighted by Crippen LogP contribution is -2.22. The second-order valence-electron chi connectivity index (χ2n) is 6.09. The first kappa shape index (κ1) is 14.2. The predicted molar refractivity (Wildman–Crippen MR) is 79.6 cm³/mol. The van der Waals surface area contributed by atoms with Gasteiger partial charge in [0.05, 0.1) is 28.6 Å². The van der Waals surface area contributed by atoms with Crippen molar-refractivity contribution >= 4 is 23.2 Å². The van der Waals surface area contributed by atoms with Gasteiger partial charge in [0, 0.05) is 0 Å². The Morgan fingerprint density at radius 2 is 2.09 bits per heavy atom. The Labute approximate surface area is 126 Å². The van der Waals surface area contributed by atoms with E-state index in [1.807, 2.05) is 20.8 Å². The van der Waals surface area contributed by atoms with Crippen LogP contribution in [0.3, 0.4) is 0 Å². The van der Waals surface area contributed by atoms with Crippen molar-refractivity contribution in [1.82, 2.24) is 15.0 Å². The van der Waals surface area contributed by atoms with Gasteiger partial charge in [0.1, 0.15) is 5.69 Å². The van der Waals surface area contributed by atoms with Crippen molar-refractivity contribution in [3.8, 4) is 5.75 Å². The van der Waals surface area contributed by atoms with Gasteiger partial charge in [0.15, 0.2) is 11.6 Å². The zero-order valence-corrected chi connectivity index (χ0v) is 12.4. The number of nitrogens with zero attached hydrogens (tertiary/aromatic N) is 3. The molecule has 0 radical (unpaired) electrons. The average molecular weight is 302 g/mol. The summed E-state index contributed by atoms with van der Waals surface area (Å²) in [5.74, 6) is -1.77. The molecular formula is C15H15FN4O2. The number of nitrogens with one attached hydrogen (secondary N) is 1. The summed E-state index contributed by atoms with van der Waals surface area (Å²) in [4.78, 5) is 12.0. The quantitative estimate of drug-likeness (QED) is 0.626. The molecule has 0 unspecified atom stereocenters. The number of aromatic nitrogens is 3. The summed E-state index contributed by atoms with van der Waals surface area (Å²) in [5.41, 5.74) is 0.688. The number of fused-ring (bicyclic) bond motifs is 1. The molecule has 0 fully saturated rings. The maximum absolute atomic E-state index is 14.1. The first-order chi connectivity index (χ1) is 10.3. The van der Waals surface area contributed by atoms with Crippen molar-refractivity contribution in [2.24, 2.45) is 0 Å². The summed E-state index contributed by atoms with van der Waals surface area (Å²) >= 11 is 0. The smallest absolute Gasteiger partial charge is 0.256 e. The van der Waals surface area contributed by atoms with Gasteiger partial charge >= 0.3 is 0 Å². The number of phenols is 1. The molecule has 1 aliphatic rings. The van der Waals surface area contributed by atoms with Crippen LogP contribution in [0, 0.1) is 5.82 Å². The molecule has 0 atom stereocenters. The molecule has 1 aliphatic heterocycles. The van der Waals surface area contributed by atoms with E-state index in [0.29, 0.717) is 11.4 Å². The van der Waals surface area contributed by atoms with Gasteiger partial charge in [-0.25, -0.2) is 9.07 Å². The van der Waals surface area contributed by atoms with E-state index in [-0.39, 0.29) is 16.7 Å². The number of phenolic OH excluding ortho intramolecular Hbond substituents is 1. The largest absolute Gasteiger partial charge is 0.505 e. The highest BCUT2D eigenvalue weighted by Gasteiger charge is 2.29. The standard InChI is InChI=1S/C15H15FN4O2/c1-15(2,3)20-7-8(18-19-20)6-9-12-10(17-14(9)22)4-5-11(21)13(12)16/h4-7,21H,1-3H3,(H,17,22)/b9-6+.